The Morgan fingerprint density at radius 3 is 2.61 bits per heavy atom. The number of amides is 1. The second kappa shape index (κ2) is 7.07. The van der Waals surface area contributed by atoms with Crippen LogP contribution in [-0.2, 0) is 14.6 Å². The summed E-state index contributed by atoms with van der Waals surface area (Å²) in [5.74, 6) is 0.426. The topological polar surface area (TPSA) is 66.9 Å². The number of ether oxygens (including phenoxy) is 1. The summed E-state index contributed by atoms with van der Waals surface area (Å²) in [5.41, 5.74) is 0.838. The molecule has 1 saturated heterocycles. The van der Waals surface area contributed by atoms with Crippen LogP contribution in [0.5, 0.6) is 5.75 Å². The highest BCUT2D eigenvalue weighted by atomic mass is 35.5. The van der Waals surface area contributed by atoms with Gasteiger partial charge in [0, 0.05) is 19.1 Å². The van der Waals surface area contributed by atoms with E-state index in [-0.39, 0.29) is 30.1 Å². The van der Waals surface area contributed by atoms with E-state index >= 15 is 0 Å². The van der Waals surface area contributed by atoms with E-state index in [9.17, 15) is 13.2 Å². The van der Waals surface area contributed by atoms with Crippen LogP contribution in [0.25, 0.3) is 0 Å². The lowest BCUT2D eigenvalue weighted by Gasteiger charge is -2.33. The van der Waals surface area contributed by atoms with E-state index in [0.717, 1.165) is 5.56 Å². The zero-order valence-electron chi connectivity index (χ0n) is 13.5. The normalized spacial score (nSPS) is 19.8. The largest absolute Gasteiger partial charge is 0.483 e. The zero-order valence-corrected chi connectivity index (χ0v) is 15.0. The third-order valence-corrected chi connectivity index (χ3v) is 5.71. The second-order valence-electron chi connectivity index (χ2n) is 5.84. The Balaban J connectivity index is 2.04. The van der Waals surface area contributed by atoms with Crippen LogP contribution in [0.4, 0.5) is 0 Å². The number of aryl methyl sites for hydroxylation is 1. The molecule has 1 aromatic rings. The van der Waals surface area contributed by atoms with Gasteiger partial charge in [-0.3, -0.25) is 9.80 Å². The number of rotatable bonds is 5. The fourth-order valence-electron chi connectivity index (χ4n) is 2.70. The number of hydrazine groups is 1. The molecule has 0 aromatic heterocycles. The van der Waals surface area contributed by atoms with Gasteiger partial charge in [-0.25, -0.2) is 13.4 Å². The summed E-state index contributed by atoms with van der Waals surface area (Å²) in [6, 6.07) is 4.83. The number of carbonyl (C=O) groups excluding carboxylic acids is 1. The molecule has 1 atom stereocenters. The number of nitrogens with zero attached hydrogens (tertiary/aromatic N) is 2. The van der Waals surface area contributed by atoms with Crippen molar-refractivity contribution in [3.05, 3.63) is 28.8 Å². The van der Waals surface area contributed by atoms with E-state index in [1.165, 1.54) is 5.01 Å². The van der Waals surface area contributed by atoms with E-state index in [2.05, 4.69) is 0 Å². The summed E-state index contributed by atoms with van der Waals surface area (Å²) in [6.45, 7) is 1.69. The number of hydrogen-bond acceptors (Lipinski definition) is 5. The monoisotopic (exact) mass is 360 g/mol. The highest BCUT2D eigenvalue weighted by Crippen LogP contribution is 2.23. The number of halogens is 1. The molecule has 0 unspecified atom stereocenters. The minimum absolute atomic E-state index is 0.00308. The lowest BCUT2D eigenvalue weighted by molar-refractivity contribution is -0.151. The number of benzene rings is 1. The van der Waals surface area contributed by atoms with Crippen molar-refractivity contribution in [3.8, 4) is 5.75 Å². The molecule has 1 aromatic carbocycles. The maximum atomic E-state index is 12.5. The Morgan fingerprint density at radius 2 is 2.09 bits per heavy atom. The molecular formula is C15H21ClN2O4S. The molecule has 6 nitrogen and oxygen atoms in total. The Labute approximate surface area is 141 Å². The van der Waals surface area contributed by atoms with Crippen molar-refractivity contribution in [2.24, 2.45) is 0 Å². The van der Waals surface area contributed by atoms with Crippen molar-refractivity contribution in [2.45, 2.75) is 19.4 Å². The highest BCUT2D eigenvalue weighted by molar-refractivity contribution is 7.91. The summed E-state index contributed by atoms with van der Waals surface area (Å²) < 4.78 is 28.9. The van der Waals surface area contributed by atoms with E-state index in [4.69, 9.17) is 16.3 Å². The first-order valence-electron chi connectivity index (χ1n) is 7.28. The molecule has 0 radical (unpaired) electrons. The van der Waals surface area contributed by atoms with Gasteiger partial charge in [-0.05, 0) is 37.1 Å². The first-order chi connectivity index (χ1) is 10.7. The predicted octanol–water partition coefficient (Wildman–Crippen LogP) is 1.52. The van der Waals surface area contributed by atoms with Crippen LogP contribution in [0.2, 0.25) is 5.02 Å². The standard InChI is InChI=1S/C15H21ClN2O4S/c1-11-8-12(16)4-5-14(11)22-9-15(19)18(17(2)3)13-6-7-23(20,21)10-13/h4-5,8,13H,6-7,9-10H2,1-3H3/t13-/m1/s1. The average molecular weight is 361 g/mol. The third-order valence-electron chi connectivity index (χ3n) is 3.73. The quantitative estimate of drug-likeness (QED) is 0.745. The van der Waals surface area contributed by atoms with Crippen LogP contribution in [-0.4, -0.2) is 62.6 Å². The van der Waals surface area contributed by atoms with Gasteiger partial charge in [0.1, 0.15) is 5.75 Å². The molecule has 1 aliphatic rings. The molecule has 0 bridgehead atoms. The van der Waals surface area contributed by atoms with Crippen LogP contribution in [0.3, 0.4) is 0 Å². The summed E-state index contributed by atoms with van der Waals surface area (Å²) in [6.07, 6.45) is 0.451. The average Bonchev–Trinajstić information content (AvgIpc) is 2.77. The molecule has 0 N–H and O–H groups in total. The third kappa shape index (κ3) is 4.59. The van der Waals surface area contributed by atoms with Gasteiger partial charge in [0.25, 0.3) is 5.91 Å². The van der Waals surface area contributed by atoms with Crippen LogP contribution in [0.1, 0.15) is 12.0 Å². The predicted molar refractivity (Wildman–Crippen MR) is 89.3 cm³/mol. The van der Waals surface area contributed by atoms with Gasteiger partial charge in [-0.2, -0.15) is 0 Å². The van der Waals surface area contributed by atoms with Gasteiger partial charge in [0.15, 0.2) is 16.4 Å². The summed E-state index contributed by atoms with van der Waals surface area (Å²) in [7, 11) is 0.375. The fraction of sp³-hybridized carbons (Fsp3) is 0.533. The van der Waals surface area contributed by atoms with E-state index in [1.54, 1.807) is 37.3 Å². The maximum absolute atomic E-state index is 12.5. The van der Waals surface area contributed by atoms with Crippen molar-refractivity contribution in [1.82, 2.24) is 10.0 Å². The molecular weight excluding hydrogens is 340 g/mol. The first kappa shape index (κ1) is 18.0. The lowest BCUT2D eigenvalue weighted by atomic mass is 10.2. The molecule has 1 aliphatic heterocycles. The van der Waals surface area contributed by atoms with Crippen molar-refractivity contribution in [2.75, 3.05) is 32.2 Å². The van der Waals surface area contributed by atoms with Gasteiger partial charge >= 0.3 is 0 Å². The summed E-state index contributed by atoms with van der Waals surface area (Å²) in [4.78, 5) is 12.5. The van der Waals surface area contributed by atoms with Gasteiger partial charge in [0.05, 0.1) is 17.5 Å². The molecule has 2 rings (SSSR count). The molecule has 23 heavy (non-hydrogen) atoms. The van der Waals surface area contributed by atoms with Crippen LogP contribution in [0, 0.1) is 6.92 Å². The molecule has 1 fully saturated rings. The van der Waals surface area contributed by atoms with Gasteiger partial charge in [0.2, 0.25) is 0 Å². The smallest absolute Gasteiger partial charge is 0.275 e. The molecule has 8 heteroatoms. The Kier molecular flexibility index (Phi) is 5.54. The van der Waals surface area contributed by atoms with Gasteiger partial charge < -0.3 is 4.74 Å². The molecule has 1 heterocycles. The van der Waals surface area contributed by atoms with Crippen LogP contribution in [0.15, 0.2) is 18.2 Å². The van der Waals surface area contributed by atoms with Crippen molar-refractivity contribution in [1.29, 1.82) is 0 Å². The first-order valence-corrected chi connectivity index (χ1v) is 9.48. The number of sulfone groups is 1. The SMILES string of the molecule is Cc1cc(Cl)ccc1OCC(=O)N([C@@H]1CCS(=O)(=O)C1)N(C)C. The molecule has 0 spiro atoms. The molecule has 0 saturated carbocycles. The minimum atomic E-state index is -3.06. The Bertz CT molecular complexity index is 691. The van der Waals surface area contributed by atoms with Gasteiger partial charge in [-0.15, -0.1) is 0 Å². The van der Waals surface area contributed by atoms with Crippen molar-refractivity contribution in [3.63, 3.8) is 0 Å². The second-order valence-corrected chi connectivity index (χ2v) is 8.51. The molecule has 1 amide bonds. The van der Waals surface area contributed by atoms with Crippen molar-refractivity contribution < 1.29 is 17.9 Å². The minimum Gasteiger partial charge on any atom is -0.483 e. The summed E-state index contributed by atoms with van der Waals surface area (Å²) >= 11 is 5.89. The van der Waals surface area contributed by atoms with E-state index < -0.39 is 9.84 Å². The molecule has 128 valence electrons. The lowest BCUT2D eigenvalue weighted by Crippen LogP contribution is -2.51. The Morgan fingerprint density at radius 1 is 1.39 bits per heavy atom. The maximum Gasteiger partial charge on any atom is 0.275 e. The molecule has 0 aliphatic carbocycles. The number of hydrogen-bond donors (Lipinski definition) is 0. The zero-order chi connectivity index (χ0) is 17.2. The van der Waals surface area contributed by atoms with Crippen molar-refractivity contribution >= 4 is 27.3 Å². The van der Waals surface area contributed by atoms with Gasteiger partial charge in [-0.1, -0.05) is 11.6 Å². The van der Waals surface area contributed by atoms with Crippen LogP contribution < -0.4 is 4.74 Å². The fourth-order valence-corrected chi connectivity index (χ4v) is 4.62. The van der Waals surface area contributed by atoms with Crippen LogP contribution >= 0.6 is 11.6 Å². The highest BCUT2D eigenvalue weighted by Gasteiger charge is 2.36. The number of carbonyl (C=O) groups is 1. The summed E-state index contributed by atoms with van der Waals surface area (Å²) in [5, 5.41) is 3.69. The van der Waals surface area contributed by atoms with E-state index in [0.29, 0.717) is 17.2 Å². The van der Waals surface area contributed by atoms with E-state index in [1.807, 2.05) is 6.92 Å². The Hall–Kier alpha value is -1.31.